The summed E-state index contributed by atoms with van der Waals surface area (Å²) in [4.78, 5) is 16.4. The van der Waals surface area contributed by atoms with Crippen molar-refractivity contribution in [3.05, 3.63) is 59.4 Å². The Kier molecular flexibility index (Phi) is 4.57. The number of benzene rings is 2. The minimum Gasteiger partial charge on any atom is -0.494 e. The molecule has 0 unspecified atom stereocenters. The Balaban J connectivity index is 1.72. The smallest absolute Gasteiger partial charge is 0.250 e. The topological polar surface area (TPSA) is 51.2 Å². The van der Waals surface area contributed by atoms with E-state index < -0.39 is 5.82 Å². The van der Waals surface area contributed by atoms with Crippen molar-refractivity contribution >= 4 is 38.7 Å². The summed E-state index contributed by atoms with van der Waals surface area (Å²) in [5.41, 5.74) is 2.52. The van der Waals surface area contributed by atoms with Gasteiger partial charge in [-0.1, -0.05) is 29.5 Å². The van der Waals surface area contributed by atoms with Gasteiger partial charge in [0.1, 0.15) is 0 Å². The van der Waals surface area contributed by atoms with Crippen molar-refractivity contribution in [1.29, 1.82) is 0 Å². The Bertz CT molecular complexity index is 934. The molecule has 1 aromatic heterocycles. The summed E-state index contributed by atoms with van der Waals surface area (Å²) in [5, 5.41) is 3.27. The van der Waals surface area contributed by atoms with Crippen LogP contribution in [-0.4, -0.2) is 18.0 Å². The minimum absolute atomic E-state index is 0.168. The summed E-state index contributed by atoms with van der Waals surface area (Å²) in [7, 11) is 1.40. The summed E-state index contributed by atoms with van der Waals surface area (Å²) in [6.07, 6.45) is 2.89. The molecule has 3 rings (SSSR count). The number of nitrogens with zero attached hydrogens (tertiary/aromatic N) is 1. The highest BCUT2D eigenvalue weighted by Crippen LogP contribution is 2.27. The van der Waals surface area contributed by atoms with Crippen LogP contribution in [0.5, 0.6) is 5.75 Å². The van der Waals surface area contributed by atoms with E-state index in [1.807, 2.05) is 25.1 Å². The van der Waals surface area contributed by atoms with Gasteiger partial charge in [0.15, 0.2) is 16.7 Å². The van der Waals surface area contributed by atoms with Crippen LogP contribution in [0.2, 0.25) is 0 Å². The molecule has 0 spiro atoms. The number of hydrogen-bond donors (Lipinski definition) is 1. The first-order valence-electron chi connectivity index (χ1n) is 7.25. The number of anilines is 1. The molecule has 1 heterocycles. The highest BCUT2D eigenvalue weighted by molar-refractivity contribution is 7.22. The number of fused-ring (bicyclic) bond motifs is 1. The molecule has 4 nitrogen and oxygen atoms in total. The molecule has 2 aromatic carbocycles. The van der Waals surface area contributed by atoms with Gasteiger partial charge in [0.25, 0.3) is 0 Å². The second-order valence-corrected chi connectivity index (χ2v) is 6.19. The molecule has 0 bridgehead atoms. The van der Waals surface area contributed by atoms with E-state index in [0.717, 1.165) is 15.8 Å². The van der Waals surface area contributed by atoms with Crippen LogP contribution < -0.4 is 10.1 Å². The lowest BCUT2D eigenvalue weighted by molar-refractivity contribution is -0.111. The zero-order valence-corrected chi connectivity index (χ0v) is 14.0. The fraction of sp³-hybridized carbons (Fsp3) is 0.111. The molecule has 0 aliphatic heterocycles. The number of methoxy groups -OCH3 is 1. The molecule has 0 atom stereocenters. The van der Waals surface area contributed by atoms with Crippen LogP contribution >= 0.6 is 11.3 Å². The minimum atomic E-state index is -0.471. The fourth-order valence-corrected chi connectivity index (χ4v) is 3.19. The van der Waals surface area contributed by atoms with Crippen LogP contribution in [0.15, 0.2) is 42.5 Å². The molecule has 1 N–H and O–H groups in total. The van der Waals surface area contributed by atoms with Crippen molar-refractivity contribution in [2.45, 2.75) is 6.92 Å². The monoisotopic (exact) mass is 342 g/mol. The maximum atomic E-state index is 13.6. The Morgan fingerprint density at radius 3 is 2.88 bits per heavy atom. The first-order valence-corrected chi connectivity index (χ1v) is 8.07. The molecule has 0 aliphatic rings. The van der Waals surface area contributed by atoms with Crippen molar-refractivity contribution in [1.82, 2.24) is 4.98 Å². The third-order valence-corrected chi connectivity index (χ3v) is 4.39. The number of hydrogen-bond acceptors (Lipinski definition) is 4. The van der Waals surface area contributed by atoms with Gasteiger partial charge in [-0.3, -0.25) is 10.1 Å². The lowest BCUT2D eigenvalue weighted by Gasteiger charge is -2.01. The van der Waals surface area contributed by atoms with Gasteiger partial charge >= 0.3 is 0 Å². The number of thiazole rings is 1. The van der Waals surface area contributed by atoms with Crippen molar-refractivity contribution in [3.8, 4) is 5.75 Å². The molecular formula is C18H15FN2O2S. The molecule has 122 valence electrons. The second-order valence-electron chi connectivity index (χ2n) is 5.16. The normalized spacial score (nSPS) is 11.1. The number of nitrogens with one attached hydrogen (secondary N) is 1. The number of rotatable bonds is 4. The largest absolute Gasteiger partial charge is 0.494 e. The number of ether oxygens (including phenoxy) is 1. The first-order chi connectivity index (χ1) is 11.6. The van der Waals surface area contributed by atoms with Gasteiger partial charge in [-0.05, 0) is 42.3 Å². The average Bonchev–Trinajstić information content (AvgIpc) is 2.97. The zero-order valence-electron chi connectivity index (χ0n) is 13.2. The Labute approximate surface area is 142 Å². The van der Waals surface area contributed by atoms with Crippen LogP contribution in [0, 0.1) is 12.7 Å². The predicted molar refractivity (Wildman–Crippen MR) is 95.0 cm³/mol. The quantitative estimate of drug-likeness (QED) is 0.715. The van der Waals surface area contributed by atoms with Crippen molar-refractivity contribution in [2.75, 3.05) is 12.4 Å². The first kappa shape index (κ1) is 16.1. The maximum absolute atomic E-state index is 13.6. The van der Waals surface area contributed by atoms with E-state index in [0.29, 0.717) is 10.7 Å². The summed E-state index contributed by atoms with van der Waals surface area (Å²) >= 11 is 1.42. The molecule has 1 amide bonds. The summed E-state index contributed by atoms with van der Waals surface area (Å²) in [6.45, 7) is 1.98. The predicted octanol–water partition coefficient (Wildman–Crippen LogP) is 4.40. The summed E-state index contributed by atoms with van der Waals surface area (Å²) in [6, 6.07) is 10.4. The van der Waals surface area contributed by atoms with Crippen molar-refractivity contribution in [3.63, 3.8) is 0 Å². The second kappa shape index (κ2) is 6.80. The van der Waals surface area contributed by atoms with Crippen LogP contribution in [0.1, 0.15) is 11.1 Å². The number of carbonyl (C=O) groups is 1. The number of carbonyl (C=O) groups excluding carboxylic acids is 1. The third-order valence-electron chi connectivity index (χ3n) is 3.45. The standard InChI is InChI=1S/C18H15FN2O2S/c1-11-4-3-5-15-17(11)21-18(24-15)20-16(22)9-7-12-6-8-14(23-2)13(19)10-12/h3-10H,1-2H3,(H,20,21,22)/b9-7+. The molecule has 0 fully saturated rings. The SMILES string of the molecule is COc1ccc(/C=C/C(=O)Nc2nc3c(C)cccc3s2)cc1F. The maximum Gasteiger partial charge on any atom is 0.250 e. The van der Waals surface area contributed by atoms with E-state index >= 15 is 0 Å². The Morgan fingerprint density at radius 2 is 2.17 bits per heavy atom. The highest BCUT2D eigenvalue weighted by Gasteiger charge is 2.07. The third kappa shape index (κ3) is 3.44. The molecule has 3 aromatic rings. The van der Waals surface area contributed by atoms with Gasteiger partial charge in [0.2, 0.25) is 5.91 Å². The zero-order chi connectivity index (χ0) is 17.1. The van der Waals surface area contributed by atoms with Gasteiger partial charge in [0.05, 0.1) is 17.3 Å². The van der Waals surface area contributed by atoms with E-state index in [2.05, 4.69) is 10.3 Å². The number of halogens is 1. The number of aromatic nitrogens is 1. The molecule has 24 heavy (non-hydrogen) atoms. The number of aryl methyl sites for hydroxylation is 1. The number of para-hydroxylation sites is 1. The molecule has 0 saturated heterocycles. The van der Waals surface area contributed by atoms with E-state index in [4.69, 9.17) is 4.74 Å². The average molecular weight is 342 g/mol. The van der Waals surface area contributed by atoms with E-state index in [1.165, 1.54) is 42.7 Å². The molecule has 0 aliphatic carbocycles. The van der Waals surface area contributed by atoms with Gasteiger partial charge < -0.3 is 4.74 Å². The van der Waals surface area contributed by atoms with Gasteiger partial charge in [-0.25, -0.2) is 9.37 Å². The van der Waals surface area contributed by atoms with Crippen LogP contribution in [0.4, 0.5) is 9.52 Å². The molecule has 0 saturated carbocycles. The van der Waals surface area contributed by atoms with Crippen LogP contribution in [0.3, 0.4) is 0 Å². The van der Waals surface area contributed by atoms with Gasteiger partial charge in [-0.2, -0.15) is 0 Å². The fourth-order valence-electron chi connectivity index (χ4n) is 2.24. The summed E-state index contributed by atoms with van der Waals surface area (Å²) < 4.78 is 19.5. The highest BCUT2D eigenvalue weighted by atomic mass is 32.1. The van der Waals surface area contributed by atoms with Crippen LogP contribution in [0.25, 0.3) is 16.3 Å². The summed E-state index contributed by atoms with van der Waals surface area (Å²) in [5.74, 6) is -0.619. The van der Waals surface area contributed by atoms with Crippen molar-refractivity contribution < 1.29 is 13.9 Å². The van der Waals surface area contributed by atoms with E-state index in [1.54, 1.807) is 6.07 Å². The molecule has 6 heteroatoms. The van der Waals surface area contributed by atoms with Gasteiger partial charge in [0, 0.05) is 6.08 Å². The Hall–Kier alpha value is -2.73. The number of amides is 1. The molecule has 0 radical (unpaired) electrons. The van der Waals surface area contributed by atoms with Crippen LogP contribution in [-0.2, 0) is 4.79 Å². The lowest BCUT2D eigenvalue weighted by atomic mass is 10.2. The van der Waals surface area contributed by atoms with Gasteiger partial charge in [-0.15, -0.1) is 0 Å². The van der Waals surface area contributed by atoms with E-state index in [-0.39, 0.29) is 11.7 Å². The molecular weight excluding hydrogens is 327 g/mol. The lowest BCUT2D eigenvalue weighted by Crippen LogP contribution is -2.07. The van der Waals surface area contributed by atoms with Crippen molar-refractivity contribution in [2.24, 2.45) is 0 Å². The Morgan fingerprint density at radius 1 is 1.33 bits per heavy atom. The van der Waals surface area contributed by atoms with E-state index in [9.17, 15) is 9.18 Å².